The van der Waals surface area contributed by atoms with Crippen LogP contribution < -0.4 is 0 Å². The van der Waals surface area contributed by atoms with Crippen molar-refractivity contribution in [2.24, 2.45) is 0 Å². The zero-order valence-electron chi connectivity index (χ0n) is 13.9. The first-order valence-electron chi connectivity index (χ1n) is 7.69. The van der Waals surface area contributed by atoms with Gasteiger partial charge in [-0.3, -0.25) is 0 Å². The smallest absolute Gasteiger partial charge is 0.340 e. The van der Waals surface area contributed by atoms with Crippen LogP contribution in [-0.2, 0) is 14.3 Å². The summed E-state index contributed by atoms with van der Waals surface area (Å²) in [5.41, 5.74) is 3.21. The van der Waals surface area contributed by atoms with Gasteiger partial charge in [-0.05, 0) is 5.56 Å². The van der Waals surface area contributed by atoms with Gasteiger partial charge in [0, 0.05) is 29.4 Å². The molecule has 5 heteroatoms. The summed E-state index contributed by atoms with van der Waals surface area (Å²) in [5.74, 6) is -0.904. The molecule has 0 saturated carbocycles. The number of fused-ring (bicyclic) bond motifs is 1. The quantitative estimate of drug-likeness (QED) is 0.538. The van der Waals surface area contributed by atoms with Gasteiger partial charge in [0.15, 0.2) is 0 Å². The van der Waals surface area contributed by atoms with E-state index in [0.717, 1.165) is 22.0 Å². The molecule has 0 aliphatic heterocycles. The van der Waals surface area contributed by atoms with E-state index in [1.54, 1.807) is 17.0 Å². The topological polar surface area (TPSA) is 57.5 Å². The number of esters is 2. The third-order valence-corrected chi connectivity index (χ3v) is 3.92. The van der Waals surface area contributed by atoms with Crippen molar-refractivity contribution in [1.82, 2.24) is 4.57 Å². The fourth-order valence-electron chi connectivity index (χ4n) is 2.76. The monoisotopic (exact) mass is 335 g/mol. The number of aromatic nitrogens is 1. The Morgan fingerprint density at radius 3 is 2.40 bits per heavy atom. The Labute approximate surface area is 145 Å². The lowest BCUT2D eigenvalue weighted by atomic mass is 10.0. The van der Waals surface area contributed by atoms with E-state index in [9.17, 15) is 9.59 Å². The van der Waals surface area contributed by atoms with Crippen molar-refractivity contribution in [1.29, 1.82) is 0 Å². The summed E-state index contributed by atoms with van der Waals surface area (Å²) in [4.78, 5) is 23.6. The summed E-state index contributed by atoms with van der Waals surface area (Å²) >= 11 is 0. The highest BCUT2D eigenvalue weighted by molar-refractivity contribution is 6.09. The van der Waals surface area contributed by atoms with Gasteiger partial charge in [-0.15, -0.1) is 0 Å². The number of hydrogen-bond acceptors (Lipinski definition) is 4. The first-order valence-corrected chi connectivity index (χ1v) is 7.69. The molecule has 1 aromatic heterocycles. The predicted molar refractivity (Wildman–Crippen MR) is 96.1 cm³/mol. The molecule has 2 aromatic carbocycles. The highest BCUT2D eigenvalue weighted by atomic mass is 16.5. The third kappa shape index (κ3) is 3.17. The zero-order chi connectivity index (χ0) is 17.8. The molecular formula is C20H17NO4. The highest BCUT2D eigenvalue weighted by Crippen LogP contribution is 2.32. The molecule has 0 fully saturated rings. The fourth-order valence-corrected chi connectivity index (χ4v) is 2.76. The maximum Gasteiger partial charge on any atom is 0.340 e. The fraction of sp³-hybridized carbons (Fsp3) is 0.100. The Bertz CT molecular complexity index is 954. The van der Waals surface area contributed by atoms with Crippen LogP contribution in [0.25, 0.3) is 28.2 Å². The number of hydrogen-bond donors (Lipinski definition) is 0. The summed E-state index contributed by atoms with van der Waals surface area (Å²) in [7, 11) is 2.66. The highest BCUT2D eigenvalue weighted by Gasteiger charge is 2.17. The third-order valence-electron chi connectivity index (χ3n) is 3.92. The van der Waals surface area contributed by atoms with E-state index in [2.05, 4.69) is 4.74 Å². The van der Waals surface area contributed by atoms with E-state index in [1.807, 2.05) is 48.5 Å². The van der Waals surface area contributed by atoms with Crippen LogP contribution in [-0.4, -0.2) is 30.7 Å². The van der Waals surface area contributed by atoms with E-state index in [0.29, 0.717) is 5.56 Å². The van der Waals surface area contributed by atoms with Crippen molar-refractivity contribution in [3.63, 3.8) is 0 Å². The minimum atomic E-state index is -0.473. The molecule has 0 spiro atoms. The van der Waals surface area contributed by atoms with E-state index < -0.39 is 11.9 Å². The maximum atomic E-state index is 12.1. The molecule has 0 aliphatic carbocycles. The summed E-state index contributed by atoms with van der Waals surface area (Å²) < 4.78 is 11.3. The van der Waals surface area contributed by atoms with Gasteiger partial charge in [0.1, 0.15) is 0 Å². The normalized spacial score (nSPS) is 11.0. The second kappa shape index (κ2) is 7.05. The Kier molecular flexibility index (Phi) is 4.66. The van der Waals surface area contributed by atoms with Gasteiger partial charge in [-0.25, -0.2) is 9.59 Å². The van der Waals surface area contributed by atoms with Crippen LogP contribution >= 0.6 is 0 Å². The van der Waals surface area contributed by atoms with Crippen LogP contribution in [0.15, 0.2) is 60.8 Å². The predicted octanol–water partition coefficient (Wildman–Crippen LogP) is 3.74. The zero-order valence-corrected chi connectivity index (χ0v) is 13.9. The molecule has 5 nitrogen and oxygen atoms in total. The van der Waals surface area contributed by atoms with Crippen molar-refractivity contribution in [3.05, 3.63) is 66.4 Å². The molecular weight excluding hydrogens is 318 g/mol. The van der Waals surface area contributed by atoms with Crippen LogP contribution in [0.1, 0.15) is 10.4 Å². The van der Waals surface area contributed by atoms with Gasteiger partial charge in [0.05, 0.1) is 25.3 Å². The Hall–Kier alpha value is -3.34. The Morgan fingerprint density at radius 2 is 1.72 bits per heavy atom. The van der Waals surface area contributed by atoms with E-state index in [1.165, 1.54) is 20.3 Å². The molecule has 3 aromatic rings. The molecule has 0 unspecified atom stereocenters. The standard InChI is InChI=1S/C20H17NO4/c1-24-18(22)11-12-21-13-17(20(23)25-2)16-10-6-9-15(19(16)21)14-7-4-3-5-8-14/h3-13H,1-2H3/b12-11+. The lowest BCUT2D eigenvalue weighted by Gasteiger charge is -2.07. The number of benzene rings is 2. The van der Waals surface area contributed by atoms with Crippen molar-refractivity contribution in [2.75, 3.05) is 14.2 Å². The van der Waals surface area contributed by atoms with Crippen molar-refractivity contribution in [3.8, 4) is 11.1 Å². The molecule has 3 rings (SSSR count). The van der Waals surface area contributed by atoms with Crippen molar-refractivity contribution < 1.29 is 19.1 Å². The first kappa shape index (κ1) is 16.5. The van der Waals surface area contributed by atoms with Crippen LogP contribution in [0.3, 0.4) is 0 Å². The second-order valence-electron chi connectivity index (χ2n) is 5.35. The number of methoxy groups -OCH3 is 2. The van der Waals surface area contributed by atoms with Crippen molar-refractivity contribution in [2.45, 2.75) is 0 Å². The average molecular weight is 335 g/mol. The minimum absolute atomic E-state index is 0.430. The van der Waals surface area contributed by atoms with Gasteiger partial charge in [0.2, 0.25) is 0 Å². The second-order valence-corrected chi connectivity index (χ2v) is 5.35. The van der Waals surface area contributed by atoms with E-state index in [-0.39, 0.29) is 0 Å². The molecule has 0 bridgehead atoms. The summed E-state index contributed by atoms with van der Waals surface area (Å²) in [6.07, 6.45) is 4.54. The summed E-state index contributed by atoms with van der Waals surface area (Å²) in [6, 6.07) is 15.6. The molecule has 0 radical (unpaired) electrons. The van der Waals surface area contributed by atoms with E-state index in [4.69, 9.17) is 4.74 Å². The van der Waals surface area contributed by atoms with Crippen LogP contribution in [0.4, 0.5) is 0 Å². The van der Waals surface area contributed by atoms with Crippen LogP contribution in [0, 0.1) is 0 Å². The Balaban J connectivity index is 2.28. The van der Waals surface area contributed by atoms with Crippen LogP contribution in [0.5, 0.6) is 0 Å². The summed E-state index contributed by atoms with van der Waals surface area (Å²) in [6.45, 7) is 0. The lowest BCUT2D eigenvalue weighted by Crippen LogP contribution is -1.99. The molecule has 0 amide bonds. The van der Waals surface area contributed by atoms with Gasteiger partial charge >= 0.3 is 11.9 Å². The van der Waals surface area contributed by atoms with Gasteiger partial charge in [-0.1, -0.05) is 48.5 Å². The van der Waals surface area contributed by atoms with Gasteiger partial charge in [-0.2, -0.15) is 0 Å². The number of ether oxygens (including phenoxy) is 2. The molecule has 25 heavy (non-hydrogen) atoms. The summed E-state index contributed by atoms with van der Waals surface area (Å²) in [5, 5.41) is 0.753. The van der Waals surface area contributed by atoms with E-state index >= 15 is 0 Å². The molecule has 126 valence electrons. The molecule has 1 heterocycles. The lowest BCUT2D eigenvalue weighted by molar-refractivity contribution is -0.134. The number of nitrogens with zero attached hydrogens (tertiary/aromatic N) is 1. The molecule has 0 N–H and O–H groups in total. The first-order chi connectivity index (χ1) is 12.2. The van der Waals surface area contributed by atoms with Crippen LogP contribution in [0.2, 0.25) is 0 Å². The van der Waals surface area contributed by atoms with Crippen molar-refractivity contribution >= 4 is 29.0 Å². The minimum Gasteiger partial charge on any atom is -0.466 e. The number of para-hydroxylation sites is 1. The molecule has 0 saturated heterocycles. The SMILES string of the molecule is COC(=O)/C=C/n1cc(C(=O)OC)c2cccc(-c3ccccc3)c21. The molecule has 0 atom stereocenters. The number of rotatable bonds is 4. The van der Waals surface area contributed by atoms with Gasteiger partial charge in [0.25, 0.3) is 0 Å². The average Bonchev–Trinajstić information content (AvgIpc) is 3.05. The largest absolute Gasteiger partial charge is 0.466 e. The number of carbonyl (C=O) groups is 2. The maximum absolute atomic E-state index is 12.1. The van der Waals surface area contributed by atoms with Gasteiger partial charge < -0.3 is 14.0 Å². The molecule has 0 aliphatic rings. The Morgan fingerprint density at radius 1 is 0.960 bits per heavy atom. The number of carbonyl (C=O) groups excluding carboxylic acids is 2.